The van der Waals surface area contributed by atoms with Gasteiger partial charge in [-0.15, -0.1) is 0 Å². The zero-order chi connectivity index (χ0) is 22.6. The highest BCUT2D eigenvalue weighted by atomic mass is 19.1. The highest BCUT2D eigenvalue weighted by Gasteiger charge is 2.14. The summed E-state index contributed by atoms with van der Waals surface area (Å²) >= 11 is 0. The number of benzene rings is 3. The molecule has 5 rings (SSSR count). The van der Waals surface area contributed by atoms with Crippen molar-refractivity contribution in [2.45, 2.75) is 0 Å². The molecule has 0 fully saturated rings. The summed E-state index contributed by atoms with van der Waals surface area (Å²) in [6, 6.07) is 19.5. The zero-order valence-electron chi connectivity index (χ0n) is 17.3. The van der Waals surface area contributed by atoms with E-state index in [4.69, 9.17) is 14.2 Å². The first kappa shape index (κ1) is 20.4. The summed E-state index contributed by atoms with van der Waals surface area (Å²) in [6.45, 7) is 0.982. The molecule has 4 aromatic rings. The summed E-state index contributed by atoms with van der Waals surface area (Å²) in [7, 11) is 0. The van der Waals surface area contributed by atoms with Crippen molar-refractivity contribution < 1.29 is 23.4 Å². The molecular formula is C25H18FN3O4. The quantitative estimate of drug-likeness (QED) is 0.462. The molecule has 0 bridgehead atoms. The largest absolute Gasteiger partial charge is 0.486 e. The molecule has 1 aliphatic rings. The summed E-state index contributed by atoms with van der Waals surface area (Å²) < 4.78 is 30.3. The van der Waals surface area contributed by atoms with Gasteiger partial charge in [-0.3, -0.25) is 4.79 Å². The van der Waals surface area contributed by atoms with E-state index in [0.29, 0.717) is 59.0 Å². The molecule has 0 unspecified atom stereocenters. The number of nitrogens with one attached hydrogen (secondary N) is 1. The first-order valence-corrected chi connectivity index (χ1v) is 10.2. The fourth-order valence-electron chi connectivity index (χ4n) is 3.29. The smallest absolute Gasteiger partial charge is 0.255 e. The number of carbonyl (C=O) groups is 1. The Bertz CT molecular complexity index is 1310. The standard InChI is InChI=1S/C25H18FN3O4/c26-18-3-1-2-17(14-18)24-27-11-10-23(29-24)33-20-7-4-16(5-8-20)25(30)28-19-6-9-21-22(15-19)32-13-12-31-21/h1-11,14-15H,12-13H2,(H,28,30). The highest BCUT2D eigenvalue weighted by Crippen LogP contribution is 2.32. The second-order valence-corrected chi connectivity index (χ2v) is 7.17. The van der Waals surface area contributed by atoms with Crippen LogP contribution in [0, 0.1) is 5.82 Å². The minimum absolute atomic E-state index is 0.270. The van der Waals surface area contributed by atoms with Gasteiger partial charge in [0, 0.05) is 35.1 Å². The van der Waals surface area contributed by atoms with Crippen molar-refractivity contribution in [3.63, 3.8) is 0 Å². The van der Waals surface area contributed by atoms with Gasteiger partial charge in [-0.05, 0) is 48.5 Å². The van der Waals surface area contributed by atoms with E-state index in [9.17, 15) is 9.18 Å². The van der Waals surface area contributed by atoms with Gasteiger partial charge in [-0.2, -0.15) is 4.98 Å². The normalized spacial score (nSPS) is 12.2. The molecule has 0 saturated heterocycles. The number of nitrogens with zero attached hydrogens (tertiary/aromatic N) is 2. The van der Waals surface area contributed by atoms with Crippen LogP contribution in [0.5, 0.6) is 23.1 Å². The lowest BCUT2D eigenvalue weighted by molar-refractivity contribution is 0.102. The number of rotatable bonds is 5. The zero-order valence-corrected chi connectivity index (χ0v) is 17.3. The third-order valence-corrected chi connectivity index (χ3v) is 4.85. The second-order valence-electron chi connectivity index (χ2n) is 7.17. The van der Waals surface area contributed by atoms with Crippen LogP contribution in [0.2, 0.25) is 0 Å². The summed E-state index contributed by atoms with van der Waals surface area (Å²) in [5.74, 6) is 1.77. The number of aromatic nitrogens is 2. The number of halogens is 1. The number of anilines is 1. The predicted octanol–water partition coefficient (Wildman–Crippen LogP) is 5.10. The number of carbonyl (C=O) groups excluding carboxylic acids is 1. The van der Waals surface area contributed by atoms with Crippen LogP contribution >= 0.6 is 0 Å². The number of fused-ring (bicyclic) bond motifs is 1. The fraction of sp³-hybridized carbons (Fsp3) is 0.0800. The van der Waals surface area contributed by atoms with Gasteiger partial charge < -0.3 is 19.5 Å². The Labute approximate surface area is 188 Å². The van der Waals surface area contributed by atoms with E-state index in [1.165, 1.54) is 18.3 Å². The van der Waals surface area contributed by atoms with Gasteiger partial charge in [-0.1, -0.05) is 12.1 Å². The molecule has 7 nitrogen and oxygen atoms in total. The first-order chi connectivity index (χ1) is 16.1. The Morgan fingerprint density at radius 3 is 2.58 bits per heavy atom. The van der Waals surface area contributed by atoms with Crippen LogP contribution in [0.4, 0.5) is 10.1 Å². The summed E-state index contributed by atoms with van der Waals surface area (Å²) in [5, 5.41) is 2.84. The molecule has 0 spiro atoms. The van der Waals surface area contributed by atoms with Crippen molar-refractivity contribution in [3.8, 4) is 34.5 Å². The Morgan fingerprint density at radius 1 is 0.939 bits per heavy atom. The predicted molar refractivity (Wildman–Crippen MR) is 119 cm³/mol. The van der Waals surface area contributed by atoms with Crippen LogP contribution in [0.1, 0.15) is 10.4 Å². The Balaban J connectivity index is 1.26. The van der Waals surface area contributed by atoms with Crippen molar-refractivity contribution in [3.05, 3.63) is 90.4 Å². The number of hydrogen-bond donors (Lipinski definition) is 1. The van der Waals surface area contributed by atoms with Crippen molar-refractivity contribution in [2.75, 3.05) is 18.5 Å². The van der Waals surface area contributed by atoms with E-state index in [-0.39, 0.29) is 11.7 Å². The SMILES string of the molecule is O=C(Nc1ccc2c(c1)OCCO2)c1ccc(Oc2ccnc(-c3cccc(F)c3)n2)cc1. The molecule has 1 amide bonds. The third kappa shape index (κ3) is 4.74. The molecule has 2 heterocycles. The van der Waals surface area contributed by atoms with E-state index in [1.54, 1.807) is 60.7 Å². The fourth-order valence-corrected chi connectivity index (χ4v) is 3.29. The number of hydrogen-bond acceptors (Lipinski definition) is 6. The topological polar surface area (TPSA) is 82.6 Å². The molecule has 0 radical (unpaired) electrons. The molecule has 33 heavy (non-hydrogen) atoms. The van der Waals surface area contributed by atoms with Gasteiger partial charge >= 0.3 is 0 Å². The molecule has 1 N–H and O–H groups in total. The molecule has 8 heteroatoms. The maximum atomic E-state index is 13.5. The van der Waals surface area contributed by atoms with Gasteiger partial charge in [0.05, 0.1) is 0 Å². The average molecular weight is 443 g/mol. The van der Waals surface area contributed by atoms with Crippen molar-refractivity contribution in [2.24, 2.45) is 0 Å². The lowest BCUT2D eigenvalue weighted by Gasteiger charge is -2.19. The monoisotopic (exact) mass is 443 g/mol. The molecule has 3 aromatic carbocycles. The summed E-state index contributed by atoms with van der Waals surface area (Å²) in [5.41, 5.74) is 1.61. The number of ether oxygens (including phenoxy) is 3. The van der Waals surface area contributed by atoms with Crippen LogP contribution < -0.4 is 19.5 Å². The summed E-state index contributed by atoms with van der Waals surface area (Å²) in [4.78, 5) is 21.1. The van der Waals surface area contributed by atoms with Gasteiger partial charge in [0.25, 0.3) is 5.91 Å². The van der Waals surface area contributed by atoms with Crippen LogP contribution in [0.25, 0.3) is 11.4 Å². The van der Waals surface area contributed by atoms with Crippen molar-refractivity contribution >= 4 is 11.6 Å². The molecule has 0 atom stereocenters. The molecule has 1 aliphatic heterocycles. The van der Waals surface area contributed by atoms with Crippen molar-refractivity contribution in [1.82, 2.24) is 9.97 Å². The maximum absolute atomic E-state index is 13.5. The number of amides is 1. The summed E-state index contributed by atoms with van der Waals surface area (Å²) in [6.07, 6.45) is 1.54. The van der Waals surface area contributed by atoms with Gasteiger partial charge in [0.1, 0.15) is 24.8 Å². The van der Waals surface area contributed by atoms with Crippen LogP contribution in [0.15, 0.2) is 79.0 Å². The lowest BCUT2D eigenvalue weighted by atomic mass is 10.2. The lowest BCUT2D eigenvalue weighted by Crippen LogP contribution is -2.16. The molecule has 164 valence electrons. The van der Waals surface area contributed by atoms with E-state index in [1.807, 2.05) is 0 Å². The van der Waals surface area contributed by atoms with Gasteiger partial charge in [-0.25, -0.2) is 9.37 Å². The molecule has 0 aliphatic carbocycles. The van der Waals surface area contributed by atoms with E-state index >= 15 is 0 Å². The minimum atomic E-state index is -0.368. The van der Waals surface area contributed by atoms with E-state index in [0.717, 1.165) is 0 Å². The van der Waals surface area contributed by atoms with Crippen molar-refractivity contribution in [1.29, 1.82) is 0 Å². The maximum Gasteiger partial charge on any atom is 0.255 e. The molecule has 1 aromatic heterocycles. The van der Waals surface area contributed by atoms with Crippen LogP contribution in [-0.2, 0) is 0 Å². The van der Waals surface area contributed by atoms with E-state index in [2.05, 4.69) is 15.3 Å². The highest BCUT2D eigenvalue weighted by molar-refractivity contribution is 6.04. The van der Waals surface area contributed by atoms with Gasteiger partial charge in [0.15, 0.2) is 17.3 Å². The van der Waals surface area contributed by atoms with Crippen LogP contribution in [-0.4, -0.2) is 29.1 Å². The molecule has 0 saturated carbocycles. The van der Waals surface area contributed by atoms with E-state index < -0.39 is 0 Å². The Hall–Kier alpha value is -4.46. The second kappa shape index (κ2) is 8.96. The minimum Gasteiger partial charge on any atom is -0.486 e. The average Bonchev–Trinajstić information content (AvgIpc) is 2.84. The Morgan fingerprint density at radius 2 is 1.76 bits per heavy atom. The van der Waals surface area contributed by atoms with Gasteiger partial charge in [0.2, 0.25) is 5.88 Å². The third-order valence-electron chi connectivity index (χ3n) is 4.85. The first-order valence-electron chi connectivity index (χ1n) is 10.2. The Kier molecular flexibility index (Phi) is 5.55. The van der Waals surface area contributed by atoms with Crippen LogP contribution in [0.3, 0.4) is 0 Å². The molecular weight excluding hydrogens is 425 g/mol.